The van der Waals surface area contributed by atoms with Gasteiger partial charge in [-0.3, -0.25) is 19.6 Å². The number of carbonyl (C=O) groups is 2. The summed E-state index contributed by atoms with van der Waals surface area (Å²) in [7, 11) is 3.21. The van der Waals surface area contributed by atoms with Crippen molar-refractivity contribution >= 4 is 39.9 Å². The maximum atomic E-state index is 12.9. The fraction of sp³-hybridized carbons (Fsp3) is 0.333. The molecule has 1 saturated heterocycles. The first-order chi connectivity index (χ1) is 21.4. The number of methoxy groups -OCH3 is 1. The molecule has 11 heteroatoms. The third kappa shape index (κ3) is 4.59. The number of hydrogen-bond donors (Lipinski definition) is 1. The molecule has 0 bridgehead atoms. The van der Waals surface area contributed by atoms with Crippen LogP contribution in [0.15, 0.2) is 55.0 Å². The molecule has 3 aliphatic rings. The van der Waals surface area contributed by atoms with Crippen molar-refractivity contribution in [1.29, 1.82) is 0 Å². The van der Waals surface area contributed by atoms with Crippen molar-refractivity contribution in [2.24, 2.45) is 0 Å². The molecule has 8 rings (SSSR count). The Morgan fingerprint density at radius 1 is 1.02 bits per heavy atom. The van der Waals surface area contributed by atoms with Crippen LogP contribution in [-0.4, -0.2) is 61.9 Å². The average molecular weight is 589 g/mol. The SMILES string of the molecule is COc1cc([C@H]2C[C@@H]2c2nccc(C)n2)nc2cc(NCc3cn4cc(C5CC5)cc(N5CC(=O)N(C)C5=O)c4n3)ccc12. The highest BCUT2D eigenvalue weighted by Gasteiger charge is 2.43. The molecule has 2 saturated carbocycles. The standard InChI is InChI=1S/C33H32N8O3/c1-18-8-9-34-31(36-18)25-12-24(25)27-13-29(44-3)23-7-6-21(11-26(23)38-27)35-14-22-16-40-15-20(19-4-5-19)10-28(32(40)37-22)41-17-30(42)39(2)33(41)43/h6-11,13,15-16,19,24-25,35H,4-5,12,14,17H2,1-3H3/t24-,25-/m0/s1. The smallest absolute Gasteiger partial charge is 0.331 e. The second-order valence-electron chi connectivity index (χ2n) is 12.1. The molecule has 2 aliphatic carbocycles. The van der Waals surface area contributed by atoms with Crippen molar-refractivity contribution in [2.75, 3.05) is 30.9 Å². The van der Waals surface area contributed by atoms with E-state index in [4.69, 9.17) is 14.7 Å². The molecule has 0 unspecified atom stereocenters. The van der Waals surface area contributed by atoms with Gasteiger partial charge in [0.05, 0.1) is 30.6 Å². The molecule has 0 radical (unpaired) electrons. The number of pyridine rings is 2. The van der Waals surface area contributed by atoms with Crippen LogP contribution in [-0.2, 0) is 11.3 Å². The number of rotatable bonds is 8. The molecule has 1 aliphatic heterocycles. The van der Waals surface area contributed by atoms with Crippen molar-refractivity contribution in [2.45, 2.75) is 50.5 Å². The second-order valence-corrected chi connectivity index (χ2v) is 12.1. The van der Waals surface area contributed by atoms with Crippen LogP contribution >= 0.6 is 0 Å². The fourth-order valence-corrected chi connectivity index (χ4v) is 6.19. The highest BCUT2D eigenvalue weighted by atomic mass is 16.5. The van der Waals surface area contributed by atoms with Gasteiger partial charge in [0.1, 0.15) is 18.1 Å². The molecule has 0 spiro atoms. The van der Waals surface area contributed by atoms with Gasteiger partial charge in [-0.2, -0.15) is 0 Å². The van der Waals surface area contributed by atoms with Crippen LogP contribution in [0.3, 0.4) is 0 Å². The normalized spacial score (nSPS) is 19.8. The zero-order valence-corrected chi connectivity index (χ0v) is 24.8. The second kappa shape index (κ2) is 10.0. The van der Waals surface area contributed by atoms with E-state index in [1.807, 2.05) is 60.1 Å². The lowest BCUT2D eigenvalue weighted by atomic mass is 10.1. The molecule has 1 N–H and O–H groups in total. The predicted molar refractivity (Wildman–Crippen MR) is 165 cm³/mol. The van der Waals surface area contributed by atoms with Crippen LogP contribution in [0.25, 0.3) is 16.6 Å². The molecule has 3 fully saturated rings. The molecular formula is C33H32N8O3. The van der Waals surface area contributed by atoms with Gasteiger partial charge in [0.15, 0.2) is 5.65 Å². The van der Waals surface area contributed by atoms with E-state index in [0.717, 1.165) is 70.1 Å². The number of hydrogen-bond acceptors (Lipinski definition) is 8. The largest absolute Gasteiger partial charge is 0.496 e. The number of nitrogens with one attached hydrogen (secondary N) is 1. The number of nitrogens with zero attached hydrogens (tertiary/aromatic N) is 7. The Bertz CT molecular complexity index is 1980. The molecule has 3 amide bonds. The van der Waals surface area contributed by atoms with Crippen molar-refractivity contribution in [1.82, 2.24) is 29.2 Å². The van der Waals surface area contributed by atoms with Crippen molar-refractivity contribution in [3.63, 3.8) is 0 Å². The number of likely N-dealkylation sites (N-methyl/N-ethyl adjacent to an activating group) is 1. The lowest BCUT2D eigenvalue weighted by Gasteiger charge is -2.17. The highest BCUT2D eigenvalue weighted by Crippen LogP contribution is 2.53. The molecule has 222 valence electrons. The predicted octanol–water partition coefficient (Wildman–Crippen LogP) is 5.15. The molecule has 2 atom stereocenters. The van der Waals surface area contributed by atoms with E-state index in [1.165, 1.54) is 16.8 Å². The summed E-state index contributed by atoms with van der Waals surface area (Å²) in [6.45, 7) is 2.49. The zero-order chi connectivity index (χ0) is 30.1. The number of carbonyl (C=O) groups excluding carboxylic acids is 2. The number of anilines is 2. The summed E-state index contributed by atoms with van der Waals surface area (Å²) in [5.41, 5.74) is 7.05. The van der Waals surface area contributed by atoms with Gasteiger partial charge in [-0.05, 0) is 68.0 Å². The minimum absolute atomic E-state index is 0.0225. The van der Waals surface area contributed by atoms with Crippen LogP contribution in [0, 0.1) is 6.92 Å². The van der Waals surface area contributed by atoms with Gasteiger partial charge >= 0.3 is 6.03 Å². The van der Waals surface area contributed by atoms with E-state index < -0.39 is 0 Å². The summed E-state index contributed by atoms with van der Waals surface area (Å²) in [4.78, 5) is 46.9. The maximum Gasteiger partial charge on any atom is 0.331 e. The summed E-state index contributed by atoms with van der Waals surface area (Å²) < 4.78 is 7.74. The molecule has 44 heavy (non-hydrogen) atoms. The number of urea groups is 1. The van der Waals surface area contributed by atoms with E-state index in [-0.39, 0.29) is 30.3 Å². The number of imide groups is 1. The topological polar surface area (TPSA) is 118 Å². The van der Waals surface area contributed by atoms with E-state index in [2.05, 4.69) is 21.5 Å². The molecule has 5 heterocycles. The summed E-state index contributed by atoms with van der Waals surface area (Å²) in [6, 6.07) is 11.7. The summed E-state index contributed by atoms with van der Waals surface area (Å²) in [6.07, 6.45) is 9.13. The first-order valence-electron chi connectivity index (χ1n) is 15.0. The fourth-order valence-electron chi connectivity index (χ4n) is 6.19. The molecule has 1 aromatic carbocycles. The van der Waals surface area contributed by atoms with Gasteiger partial charge in [0.25, 0.3) is 0 Å². The summed E-state index contributed by atoms with van der Waals surface area (Å²) in [5, 5.41) is 4.45. The molecule has 5 aromatic rings. The van der Waals surface area contributed by atoms with Gasteiger partial charge < -0.3 is 14.5 Å². The van der Waals surface area contributed by atoms with E-state index >= 15 is 0 Å². The van der Waals surface area contributed by atoms with Crippen LogP contribution in [0.5, 0.6) is 5.75 Å². The van der Waals surface area contributed by atoms with Crippen molar-refractivity contribution < 1.29 is 14.3 Å². The quantitative estimate of drug-likeness (QED) is 0.248. The zero-order valence-electron chi connectivity index (χ0n) is 24.8. The first kappa shape index (κ1) is 26.6. The number of imidazole rings is 1. The van der Waals surface area contributed by atoms with E-state index in [0.29, 0.717) is 23.8 Å². The Balaban J connectivity index is 1.06. The minimum atomic E-state index is -0.324. The number of aromatic nitrogens is 5. The lowest BCUT2D eigenvalue weighted by molar-refractivity contribution is -0.123. The summed E-state index contributed by atoms with van der Waals surface area (Å²) >= 11 is 0. The average Bonchev–Trinajstić information content (AvgIpc) is 3.96. The van der Waals surface area contributed by atoms with Gasteiger partial charge in [-0.15, -0.1) is 0 Å². The van der Waals surface area contributed by atoms with E-state index in [9.17, 15) is 9.59 Å². The first-order valence-corrected chi connectivity index (χ1v) is 15.0. The number of fused-ring (bicyclic) bond motifs is 2. The Morgan fingerprint density at radius 3 is 2.64 bits per heavy atom. The Labute approximate surface area is 253 Å². The van der Waals surface area contributed by atoms with Crippen molar-refractivity contribution in [3.8, 4) is 5.75 Å². The third-order valence-electron chi connectivity index (χ3n) is 8.93. The highest BCUT2D eigenvalue weighted by molar-refractivity contribution is 6.13. The van der Waals surface area contributed by atoms with Crippen LogP contribution in [0.1, 0.15) is 65.5 Å². The number of ether oxygens (including phenoxy) is 1. The monoisotopic (exact) mass is 588 g/mol. The molecular weight excluding hydrogens is 556 g/mol. The number of aryl methyl sites for hydroxylation is 1. The minimum Gasteiger partial charge on any atom is -0.496 e. The van der Waals surface area contributed by atoms with Gasteiger partial charge in [0.2, 0.25) is 5.91 Å². The van der Waals surface area contributed by atoms with Crippen LogP contribution in [0.2, 0.25) is 0 Å². The van der Waals surface area contributed by atoms with E-state index in [1.54, 1.807) is 7.11 Å². The summed E-state index contributed by atoms with van der Waals surface area (Å²) in [5.74, 6) is 2.46. The molecule has 11 nitrogen and oxygen atoms in total. The van der Waals surface area contributed by atoms with Gasteiger partial charge in [-0.25, -0.2) is 19.7 Å². The van der Waals surface area contributed by atoms with Crippen molar-refractivity contribution in [3.05, 3.63) is 83.5 Å². The Hall–Kier alpha value is -5.06. The van der Waals surface area contributed by atoms with Crippen LogP contribution in [0.4, 0.5) is 16.2 Å². The Morgan fingerprint density at radius 2 is 1.89 bits per heavy atom. The third-order valence-corrected chi connectivity index (χ3v) is 8.93. The van der Waals surface area contributed by atoms with Crippen LogP contribution < -0.4 is 15.0 Å². The number of benzene rings is 1. The molecule has 4 aromatic heterocycles. The Kier molecular flexibility index (Phi) is 6.04. The van der Waals surface area contributed by atoms with Gasteiger partial charge in [0, 0.05) is 66.0 Å². The maximum absolute atomic E-state index is 12.9. The van der Waals surface area contributed by atoms with Gasteiger partial charge in [-0.1, -0.05) is 0 Å². The number of amides is 3. The lowest BCUT2D eigenvalue weighted by Crippen LogP contribution is -2.30.